The first-order valence-electron chi connectivity index (χ1n) is 6.64. The minimum atomic E-state index is -4.54. The maximum Gasteiger partial charge on any atom is 0.451 e. The molecule has 2 bridgehead atoms. The number of aliphatic hydroxyl groups is 1. The smallest absolute Gasteiger partial charge is 0.385 e. The molecule has 3 nitrogen and oxygen atoms in total. The molecular formula is C13H15F3N2OS. The molecule has 0 radical (unpaired) electrons. The fraction of sp³-hybridized carbons (Fsp3) is 0.692. The van der Waals surface area contributed by atoms with Crippen LogP contribution in [-0.4, -0.2) is 25.6 Å². The van der Waals surface area contributed by atoms with Crippen LogP contribution in [0.5, 0.6) is 0 Å². The van der Waals surface area contributed by atoms with Crippen LogP contribution in [0, 0.1) is 0 Å². The summed E-state index contributed by atoms with van der Waals surface area (Å²) in [5.41, 5.74) is -0.673. The topological polar surface area (TPSA) is 46.0 Å². The Bertz CT molecular complexity index is 479. The SMILES string of the molecule is OC1(c2cnc(C(F)(F)F)nc2)CC2CCCC(C1)S2. The van der Waals surface area contributed by atoms with E-state index in [1.807, 2.05) is 11.8 Å². The highest BCUT2D eigenvalue weighted by atomic mass is 32.2. The van der Waals surface area contributed by atoms with Gasteiger partial charge in [-0.1, -0.05) is 6.42 Å². The summed E-state index contributed by atoms with van der Waals surface area (Å²) in [6, 6.07) is 0. The molecule has 0 spiro atoms. The van der Waals surface area contributed by atoms with Crippen LogP contribution in [0.3, 0.4) is 0 Å². The van der Waals surface area contributed by atoms with E-state index in [0.717, 1.165) is 25.2 Å². The summed E-state index contributed by atoms with van der Waals surface area (Å²) >= 11 is 1.90. The second-order valence-corrected chi connectivity index (χ2v) is 7.15. The lowest BCUT2D eigenvalue weighted by Gasteiger charge is -2.43. The third-order valence-electron chi connectivity index (χ3n) is 4.01. The minimum Gasteiger partial charge on any atom is -0.385 e. The van der Waals surface area contributed by atoms with Crippen LogP contribution < -0.4 is 0 Å². The van der Waals surface area contributed by atoms with Crippen molar-refractivity contribution in [3.8, 4) is 0 Å². The van der Waals surface area contributed by atoms with Crippen LogP contribution in [0.25, 0.3) is 0 Å². The highest BCUT2D eigenvalue weighted by Crippen LogP contribution is 2.49. The molecule has 0 amide bonds. The van der Waals surface area contributed by atoms with Gasteiger partial charge in [-0.15, -0.1) is 0 Å². The summed E-state index contributed by atoms with van der Waals surface area (Å²) in [6.07, 6.45) is 2.15. The fourth-order valence-corrected chi connectivity index (χ4v) is 4.96. The average Bonchev–Trinajstić information content (AvgIpc) is 2.37. The van der Waals surface area contributed by atoms with Gasteiger partial charge in [0.2, 0.25) is 5.82 Å². The Kier molecular flexibility index (Phi) is 3.44. The molecule has 1 aromatic rings. The normalized spacial score (nSPS) is 34.0. The van der Waals surface area contributed by atoms with E-state index < -0.39 is 17.6 Å². The van der Waals surface area contributed by atoms with Gasteiger partial charge in [0.15, 0.2) is 0 Å². The molecule has 20 heavy (non-hydrogen) atoms. The van der Waals surface area contributed by atoms with Crippen LogP contribution >= 0.6 is 11.8 Å². The Balaban J connectivity index is 1.84. The molecule has 1 N–H and O–H groups in total. The van der Waals surface area contributed by atoms with Crippen molar-refractivity contribution in [2.45, 2.75) is 54.4 Å². The quantitative estimate of drug-likeness (QED) is 0.866. The van der Waals surface area contributed by atoms with Crippen molar-refractivity contribution >= 4 is 11.8 Å². The molecule has 2 aliphatic heterocycles. The van der Waals surface area contributed by atoms with E-state index in [4.69, 9.17) is 0 Å². The standard InChI is InChI=1S/C13H15F3N2OS/c14-13(15,16)11-17-6-8(7-18-11)12(19)4-9-2-1-3-10(5-12)20-9/h6-7,9-10,19H,1-5H2. The third-order valence-corrected chi connectivity index (χ3v) is 5.59. The van der Waals surface area contributed by atoms with Gasteiger partial charge in [-0.3, -0.25) is 0 Å². The first-order valence-corrected chi connectivity index (χ1v) is 7.59. The lowest BCUT2D eigenvalue weighted by Crippen LogP contribution is -2.40. The van der Waals surface area contributed by atoms with Gasteiger partial charge in [0.25, 0.3) is 0 Å². The Labute approximate surface area is 119 Å². The third kappa shape index (κ3) is 2.65. The summed E-state index contributed by atoms with van der Waals surface area (Å²) < 4.78 is 37.4. The molecular weight excluding hydrogens is 289 g/mol. The Morgan fingerprint density at radius 3 is 2.20 bits per heavy atom. The van der Waals surface area contributed by atoms with Crippen molar-refractivity contribution < 1.29 is 18.3 Å². The molecule has 0 aromatic carbocycles. The molecule has 2 unspecified atom stereocenters. The van der Waals surface area contributed by atoms with Gasteiger partial charge in [0.1, 0.15) is 0 Å². The number of aromatic nitrogens is 2. The summed E-state index contributed by atoms with van der Waals surface area (Å²) in [5, 5.41) is 11.5. The van der Waals surface area contributed by atoms with Gasteiger partial charge in [-0.25, -0.2) is 9.97 Å². The predicted octanol–water partition coefficient (Wildman–Crippen LogP) is 3.13. The second-order valence-electron chi connectivity index (χ2n) is 5.54. The van der Waals surface area contributed by atoms with Crippen molar-refractivity contribution in [3.05, 3.63) is 23.8 Å². The van der Waals surface area contributed by atoms with Crippen molar-refractivity contribution in [1.82, 2.24) is 9.97 Å². The van der Waals surface area contributed by atoms with E-state index >= 15 is 0 Å². The number of rotatable bonds is 1. The molecule has 2 saturated heterocycles. The first-order chi connectivity index (χ1) is 9.37. The van der Waals surface area contributed by atoms with Crippen molar-refractivity contribution in [3.63, 3.8) is 0 Å². The van der Waals surface area contributed by atoms with Crippen LogP contribution in [0.15, 0.2) is 12.4 Å². The van der Waals surface area contributed by atoms with Crippen molar-refractivity contribution in [2.24, 2.45) is 0 Å². The van der Waals surface area contributed by atoms with E-state index in [1.165, 1.54) is 6.42 Å². The molecule has 2 atom stereocenters. The molecule has 2 fully saturated rings. The summed E-state index contributed by atoms with van der Waals surface area (Å²) in [5.74, 6) is -1.16. The van der Waals surface area contributed by atoms with E-state index in [-0.39, 0.29) is 0 Å². The number of thioether (sulfide) groups is 1. The summed E-state index contributed by atoms with van der Waals surface area (Å²) in [4.78, 5) is 6.72. The largest absolute Gasteiger partial charge is 0.451 e. The number of halogens is 3. The van der Waals surface area contributed by atoms with Crippen LogP contribution in [0.4, 0.5) is 13.2 Å². The van der Waals surface area contributed by atoms with Gasteiger partial charge in [-0.05, 0) is 25.7 Å². The van der Waals surface area contributed by atoms with Gasteiger partial charge in [-0.2, -0.15) is 24.9 Å². The molecule has 0 aliphatic carbocycles. The number of hydrogen-bond acceptors (Lipinski definition) is 4. The monoisotopic (exact) mass is 304 g/mol. The average molecular weight is 304 g/mol. The summed E-state index contributed by atoms with van der Waals surface area (Å²) in [7, 11) is 0. The highest BCUT2D eigenvalue weighted by Gasteiger charge is 2.43. The fourth-order valence-electron chi connectivity index (χ4n) is 3.07. The van der Waals surface area contributed by atoms with Crippen LogP contribution in [-0.2, 0) is 11.8 Å². The van der Waals surface area contributed by atoms with Crippen LogP contribution in [0.1, 0.15) is 43.5 Å². The molecule has 7 heteroatoms. The van der Waals surface area contributed by atoms with Crippen molar-refractivity contribution in [2.75, 3.05) is 0 Å². The lowest BCUT2D eigenvalue weighted by molar-refractivity contribution is -0.145. The lowest BCUT2D eigenvalue weighted by atomic mass is 9.81. The Morgan fingerprint density at radius 2 is 1.70 bits per heavy atom. The maximum atomic E-state index is 12.5. The van der Waals surface area contributed by atoms with E-state index in [9.17, 15) is 18.3 Å². The van der Waals surface area contributed by atoms with Crippen molar-refractivity contribution in [1.29, 1.82) is 0 Å². The molecule has 3 rings (SSSR count). The van der Waals surface area contributed by atoms with Gasteiger partial charge < -0.3 is 5.11 Å². The number of hydrogen-bond donors (Lipinski definition) is 1. The van der Waals surface area contributed by atoms with Gasteiger partial charge in [0, 0.05) is 28.5 Å². The molecule has 3 heterocycles. The summed E-state index contributed by atoms with van der Waals surface area (Å²) in [6.45, 7) is 0. The number of nitrogens with zero attached hydrogens (tertiary/aromatic N) is 2. The molecule has 2 aliphatic rings. The zero-order valence-corrected chi connectivity index (χ0v) is 11.5. The first kappa shape index (κ1) is 14.1. The van der Waals surface area contributed by atoms with Gasteiger partial charge >= 0.3 is 6.18 Å². The number of fused-ring (bicyclic) bond motifs is 2. The molecule has 1 aromatic heterocycles. The highest BCUT2D eigenvalue weighted by molar-refractivity contribution is 8.00. The minimum absolute atomic E-state index is 0.384. The van der Waals surface area contributed by atoms with E-state index in [1.54, 1.807) is 0 Å². The molecule has 110 valence electrons. The zero-order chi connectivity index (χ0) is 14.4. The maximum absolute atomic E-state index is 12.5. The Morgan fingerprint density at radius 1 is 1.15 bits per heavy atom. The molecule has 0 saturated carbocycles. The van der Waals surface area contributed by atoms with Crippen LogP contribution in [0.2, 0.25) is 0 Å². The Hall–Kier alpha value is -0.820. The van der Waals surface area contributed by atoms with E-state index in [2.05, 4.69) is 9.97 Å². The van der Waals surface area contributed by atoms with E-state index in [0.29, 0.717) is 28.9 Å². The predicted molar refractivity (Wildman–Crippen MR) is 69.2 cm³/mol. The van der Waals surface area contributed by atoms with Gasteiger partial charge in [0.05, 0.1) is 5.60 Å². The second kappa shape index (κ2) is 4.87. The number of alkyl halides is 3. The zero-order valence-electron chi connectivity index (χ0n) is 10.7.